The van der Waals surface area contributed by atoms with Crippen molar-refractivity contribution in [2.45, 2.75) is 0 Å². The minimum Gasteiger partial charge on any atom is -0.397 e. The van der Waals surface area contributed by atoms with Crippen molar-refractivity contribution in [1.29, 1.82) is 0 Å². The average molecular weight is 269 g/mol. The first-order chi connectivity index (χ1) is 8.50. The van der Waals surface area contributed by atoms with E-state index in [0.717, 1.165) is 0 Å². The minimum atomic E-state index is -0.517. The third kappa shape index (κ3) is 2.24. The number of rotatable bonds is 2. The fourth-order valence-corrected chi connectivity index (χ4v) is 1.92. The number of anilines is 3. The van der Waals surface area contributed by atoms with E-state index < -0.39 is 11.6 Å². The summed E-state index contributed by atoms with van der Waals surface area (Å²) in [5.41, 5.74) is 6.23. The van der Waals surface area contributed by atoms with Crippen molar-refractivity contribution in [2.75, 3.05) is 17.7 Å². The summed E-state index contributed by atoms with van der Waals surface area (Å²) in [7, 11) is 1.53. The Bertz CT molecular complexity index is 567. The number of nitrogen functional groups attached to an aromatic ring is 1. The number of para-hydroxylation sites is 1. The van der Waals surface area contributed by atoms with Gasteiger partial charge in [-0.25, -0.2) is 8.78 Å². The molecule has 0 unspecified atom stereocenters. The third-order valence-corrected chi connectivity index (χ3v) is 2.86. The van der Waals surface area contributed by atoms with Crippen LogP contribution in [0.15, 0.2) is 36.4 Å². The van der Waals surface area contributed by atoms with E-state index in [1.54, 1.807) is 6.07 Å². The summed E-state index contributed by atoms with van der Waals surface area (Å²) in [4.78, 5) is 1.34. The lowest BCUT2D eigenvalue weighted by Crippen LogP contribution is -2.14. The van der Waals surface area contributed by atoms with Crippen LogP contribution < -0.4 is 10.6 Å². The molecular weight excluding hydrogens is 258 g/mol. The van der Waals surface area contributed by atoms with Gasteiger partial charge in [0.1, 0.15) is 17.3 Å². The maximum atomic E-state index is 13.7. The smallest absolute Gasteiger partial charge is 0.148 e. The van der Waals surface area contributed by atoms with Crippen molar-refractivity contribution in [1.82, 2.24) is 0 Å². The Hall–Kier alpha value is -1.81. The lowest BCUT2D eigenvalue weighted by molar-refractivity contribution is 0.618. The molecule has 0 aromatic heterocycles. The molecule has 0 heterocycles. The lowest BCUT2D eigenvalue weighted by Gasteiger charge is -2.22. The molecule has 0 spiro atoms. The second-order valence-corrected chi connectivity index (χ2v) is 4.27. The minimum absolute atomic E-state index is 0.124. The van der Waals surface area contributed by atoms with E-state index in [1.807, 2.05) is 0 Å². The van der Waals surface area contributed by atoms with Crippen LogP contribution in [0.25, 0.3) is 0 Å². The zero-order valence-electron chi connectivity index (χ0n) is 9.62. The highest BCUT2D eigenvalue weighted by Gasteiger charge is 2.16. The summed E-state index contributed by atoms with van der Waals surface area (Å²) in [5.74, 6) is -1.01. The molecule has 2 rings (SSSR count). The second kappa shape index (κ2) is 4.82. The van der Waals surface area contributed by atoms with Crippen LogP contribution in [0.2, 0.25) is 5.02 Å². The topological polar surface area (TPSA) is 29.3 Å². The van der Waals surface area contributed by atoms with Gasteiger partial charge in [-0.05, 0) is 30.3 Å². The highest BCUT2D eigenvalue weighted by atomic mass is 35.5. The molecule has 2 nitrogen and oxygen atoms in total. The van der Waals surface area contributed by atoms with Gasteiger partial charge in [0.25, 0.3) is 0 Å². The molecule has 0 amide bonds. The molecule has 0 fully saturated rings. The van der Waals surface area contributed by atoms with Gasteiger partial charge < -0.3 is 10.6 Å². The first-order valence-corrected chi connectivity index (χ1v) is 5.61. The van der Waals surface area contributed by atoms with Crippen LogP contribution in [0, 0.1) is 11.6 Å². The van der Waals surface area contributed by atoms with Gasteiger partial charge in [0.05, 0.1) is 11.4 Å². The zero-order chi connectivity index (χ0) is 13.3. The Morgan fingerprint density at radius 1 is 1.11 bits per heavy atom. The second-order valence-electron chi connectivity index (χ2n) is 3.83. The van der Waals surface area contributed by atoms with Crippen LogP contribution in [0.4, 0.5) is 25.8 Å². The Morgan fingerprint density at radius 2 is 1.83 bits per heavy atom. The monoisotopic (exact) mass is 268 g/mol. The maximum absolute atomic E-state index is 13.7. The highest BCUT2D eigenvalue weighted by Crippen LogP contribution is 2.34. The van der Waals surface area contributed by atoms with Gasteiger partial charge in [0.2, 0.25) is 0 Å². The van der Waals surface area contributed by atoms with E-state index in [-0.39, 0.29) is 17.1 Å². The van der Waals surface area contributed by atoms with Crippen LogP contribution in [-0.4, -0.2) is 7.05 Å². The van der Waals surface area contributed by atoms with Crippen molar-refractivity contribution < 1.29 is 8.78 Å². The van der Waals surface area contributed by atoms with Crippen molar-refractivity contribution in [2.24, 2.45) is 0 Å². The van der Waals surface area contributed by atoms with E-state index in [4.69, 9.17) is 17.3 Å². The molecule has 0 saturated carbocycles. The van der Waals surface area contributed by atoms with Gasteiger partial charge in [-0.15, -0.1) is 0 Å². The summed E-state index contributed by atoms with van der Waals surface area (Å²) in [5, 5.41) is 0.369. The number of hydrogen-bond acceptors (Lipinski definition) is 2. The largest absolute Gasteiger partial charge is 0.397 e. The number of nitrogens with two attached hydrogens (primary N) is 1. The standard InChI is InChI=1S/C13H11ClF2N2/c1-18(12-7-8(14)5-6-9(12)15)13-10(16)3-2-4-11(13)17/h2-7H,17H2,1H3. The summed E-state index contributed by atoms with van der Waals surface area (Å²) in [6.45, 7) is 0. The molecule has 0 aliphatic carbocycles. The average Bonchev–Trinajstić information content (AvgIpc) is 2.32. The Kier molecular flexibility index (Phi) is 3.39. The van der Waals surface area contributed by atoms with Crippen molar-refractivity contribution in [3.05, 3.63) is 53.1 Å². The van der Waals surface area contributed by atoms with E-state index >= 15 is 0 Å². The van der Waals surface area contributed by atoms with Gasteiger partial charge >= 0.3 is 0 Å². The lowest BCUT2D eigenvalue weighted by atomic mass is 10.2. The summed E-state index contributed by atoms with van der Waals surface area (Å²) >= 11 is 5.81. The maximum Gasteiger partial charge on any atom is 0.148 e. The molecule has 2 aromatic rings. The quantitative estimate of drug-likeness (QED) is 0.835. The number of hydrogen-bond donors (Lipinski definition) is 1. The van der Waals surface area contributed by atoms with Gasteiger partial charge in [0, 0.05) is 12.1 Å². The van der Waals surface area contributed by atoms with Crippen LogP contribution in [0.5, 0.6) is 0 Å². The highest BCUT2D eigenvalue weighted by molar-refractivity contribution is 6.30. The van der Waals surface area contributed by atoms with Crippen molar-refractivity contribution in [3.63, 3.8) is 0 Å². The molecule has 18 heavy (non-hydrogen) atoms. The molecule has 2 aromatic carbocycles. The predicted octanol–water partition coefficient (Wildman–Crippen LogP) is 3.97. The molecule has 2 N–H and O–H groups in total. The van der Waals surface area contributed by atoms with Gasteiger partial charge in [-0.1, -0.05) is 17.7 Å². The molecule has 5 heteroatoms. The summed E-state index contributed by atoms with van der Waals surface area (Å²) < 4.78 is 27.4. The normalized spacial score (nSPS) is 10.4. The molecule has 0 aliphatic rings. The van der Waals surface area contributed by atoms with Crippen LogP contribution in [0.1, 0.15) is 0 Å². The third-order valence-electron chi connectivity index (χ3n) is 2.62. The first kappa shape index (κ1) is 12.6. The van der Waals surface area contributed by atoms with Gasteiger partial charge in [0.15, 0.2) is 0 Å². The zero-order valence-corrected chi connectivity index (χ0v) is 10.4. The fourth-order valence-electron chi connectivity index (χ4n) is 1.75. The number of nitrogens with zero attached hydrogens (tertiary/aromatic N) is 1. The molecule has 0 bridgehead atoms. The number of halogens is 3. The molecule has 0 atom stereocenters. The molecule has 0 saturated heterocycles. The van der Waals surface area contributed by atoms with Crippen molar-refractivity contribution >= 4 is 28.7 Å². The van der Waals surface area contributed by atoms with Crippen molar-refractivity contribution in [3.8, 4) is 0 Å². The Labute approximate surface area is 109 Å². The first-order valence-electron chi connectivity index (χ1n) is 5.23. The van der Waals surface area contributed by atoms with Gasteiger partial charge in [-0.2, -0.15) is 0 Å². The number of benzene rings is 2. The van der Waals surface area contributed by atoms with Crippen LogP contribution in [-0.2, 0) is 0 Å². The van der Waals surface area contributed by atoms with E-state index in [0.29, 0.717) is 5.02 Å². The van der Waals surface area contributed by atoms with E-state index in [1.165, 1.54) is 42.3 Å². The van der Waals surface area contributed by atoms with E-state index in [2.05, 4.69) is 0 Å². The predicted molar refractivity (Wildman–Crippen MR) is 70.3 cm³/mol. The van der Waals surface area contributed by atoms with Crippen LogP contribution in [0.3, 0.4) is 0 Å². The summed E-state index contributed by atoms with van der Waals surface area (Å²) in [6, 6.07) is 8.39. The van der Waals surface area contributed by atoms with E-state index in [9.17, 15) is 8.78 Å². The summed E-state index contributed by atoms with van der Waals surface area (Å²) in [6.07, 6.45) is 0. The van der Waals surface area contributed by atoms with Gasteiger partial charge in [-0.3, -0.25) is 0 Å². The Balaban J connectivity index is 2.54. The Morgan fingerprint density at radius 3 is 2.50 bits per heavy atom. The molecule has 0 radical (unpaired) electrons. The molecular formula is C13H11ClF2N2. The molecule has 0 aliphatic heterocycles. The SMILES string of the molecule is CN(c1cc(Cl)ccc1F)c1c(N)cccc1F. The fraction of sp³-hybridized carbons (Fsp3) is 0.0769. The van der Waals surface area contributed by atoms with Crippen LogP contribution >= 0.6 is 11.6 Å². The molecule has 94 valence electrons.